The summed E-state index contributed by atoms with van der Waals surface area (Å²) in [4.78, 5) is 14.7. The summed E-state index contributed by atoms with van der Waals surface area (Å²) in [6, 6.07) is 9.80. The normalized spacial score (nSPS) is 19.5. The van der Waals surface area contributed by atoms with Crippen LogP contribution in [-0.2, 0) is 11.2 Å². The van der Waals surface area contributed by atoms with Crippen LogP contribution < -0.4 is 9.47 Å². The highest BCUT2D eigenvalue weighted by molar-refractivity contribution is 5.77. The first-order chi connectivity index (χ1) is 11.8. The molecule has 1 aromatic heterocycles. The number of ether oxygens (including phenoxy) is 2. The summed E-state index contributed by atoms with van der Waals surface area (Å²) in [6.07, 6.45) is 4.73. The summed E-state index contributed by atoms with van der Waals surface area (Å²) in [5.41, 5.74) is 1.07. The van der Waals surface area contributed by atoms with Crippen molar-refractivity contribution in [2.75, 3.05) is 19.8 Å². The Labute approximate surface area is 141 Å². The monoisotopic (exact) mass is 327 g/mol. The molecule has 5 nitrogen and oxygen atoms in total. The molecule has 0 bridgehead atoms. The first-order valence-electron chi connectivity index (χ1n) is 8.53. The molecule has 0 aliphatic carbocycles. The molecule has 1 atom stereocenters. The SMILES string of the molecule is O=C(CCc1ccco1)N1CCCC1c1cccc2c1OCCO2. The van der Waals surface area contributed by atoms with Crippen molar-refractivity contribution in [1.82, 2.24) is 4.90 Å². The zero-order valence-corrected chi connectivity index (χ0v) is 13.6. The second-order valence-corrected chi connectivity index (χ2v) is 6.20. The highest BCUT2D eigenvalue weighted by atomic mass is 16.6. The quantitative estimate of drug-likeness (QED) is 0.864. The molecule has 1 fully saturated rings. The summed E-state index contributed by atoms with van der Waals surface area (Å²) in [5.74, 6) is 2.62. The summed E-state index contributed by atoms with van der Waals surface area (Å²) in [5, 5.41) is 0. The molecule has 1 unspecified atom stereocenters. The van der Waals surface area contributed by atoms with Gasteiger partial charge in [0.1, 0.15) is 19.0 Å². The number of hydrogen-bond donors (Lipinski definition) is 0. The first kappa shape index (κ1) is 15.1. The van der Waals surface area contributed by atoms with Crippen molar-refractivity contribution in [3.05, 3.63) is 47.9 Å². The molecule has 0 saturated carbocycles. The van der Waals surface area contributed by atoms with Gasteiger partial charge in [-0.05, 0) is 31.0 Å². The van der Waals surface area contributed by atoms with Gasteiger partial charge in [0.2, 0.25) is 5.91 Å². The molecule has 2 aliphatic heterocycles. The maximum absolute atomic E-state index is 12.7. The van der Waals surface area contributed by atoms with Crippen molar-refractivity contribution in [2.24, 2.45) is 0 Å². The van der Waals surface area contributed by atoms with Gasteiger partial charge in [-0.25, -0.2) is 0 Å². The lowest BCUT2D eigenvalue weighted by molar-refractivity contribution is -0.132. The minimum absolute atomic E-state index is 0.0748. The molecule has 4 rings (SSSR count). The van der Waals surface area contributed by atoms with Crippen molar-refractivity contribution < 1.29 is 18.7 Å². The van der Waals surface area contributed by atoms with Gasteiger partial charge in [0, 0.05) is 24.9 Å². The lowest BCUT2D eigenvalue weighted by atomic mass is 10.0. The van der Waals surface area contributed by atoms with Crippen LogP contribution in [0.5, 0.6) is 11.5 Å². The highest BCUT2D eigenvalue weighted by Crippen LogP contribution is 2.42. The van der Waals surface area contributed by atoms with Crippen LogP contribution in [0.3, 0.4) is 0 Å². The van der Waals surface area contributed by atoms with E-state index in [0.717, 1.165) is 42.2 Å². The van der Waals surface area contributed by atoms with Gasteiger partial charge in [-0.3, -0.25) is 4.79 Å². The van der Waals surface area contributed by atoms with Gasteiger partial charge in [-0.15, -0.1) is 0 Å². The van der Waals surface area contributed by atoms with E-state index < -0.39 is 0 Å². The van der Waals surface area contributed by atoms with E-state index >= 15 is 0 Å². The van der Waals surface area contributed by atoms with Gasteiger partial charge in [-0.2, -0.15) is 0 Å². The highest BCUT2D eigenvalue weighted by Gasteiger charge is 2.33. The number of likely N-dealkylation sites (tertiary alicyclic amines) is 1. The van der Waals surface area contributed by atoms with Crippen LogP contribution in [0.25, 0.3) is 0 Å². The molecule has 2 aliphatic rings. The minimum Gasteiger partial charge on any atom is -0.486 e. The average Bonchev–Trinajstić information content (AvgIpc) is 3.31. The largest absolute Gasteiger partial charge is 0.486 e. The first-order valence-corrected chi connectivity index (χ1v) is 8.53. The van der Waals surface area contributed by atoms with Crippen LogP contribution in [0.1, 0.15) is 36.6 Å². The number of carbonyl (C=O) groups is 1. The Morgan fingerprint density at radius 1 is 1.17 bits per heavy atom. The third-order valence-electron chi connectivity index (χ3n) is 4.69. The van der Waals surface area contributed by atoms with Crippen molar-refractivity contribution in [2.45, 2.75) is 31.7 Å². The molecule has 0 radical (unpaired) electrons. The number of fused-ring (bicyclic) bond motifs is 1. The number of aryl methyl sites for hydroxylation is 1. The molecule has 5 heteroatoms. The van der Waals surface area contributed by atoms with E-state index in [2.05, 4.69) is 6.07 Å². The van der Waals surface area contributed by atoms with E-state index in [1.165, 1.54) is 0 Å². The average molecular weight is 327 g/mol. The summed E-state index contributed by atoms with van der Waals surface area (Å²) in [7, 11) is 0. The van der Waals surface area contributed by atoms with E-state index in [4.69, 9.17) is 13.9 Å². The van der Waals surface area contributed by atoms with Crippen molar-refractivity contribution >= 4 is 5.91 Å². The smallest absolute Gasteiger partial charge is 0.223 e. The number of carbonyl (C=O) groups excluding carboxylic acids is 1. The third kappa shape index (κ3) is 2.86. The van der Waals surface area contributed by atoms with Crippen LogP contribution in [0.4, 0.5) is 0 Å². The van der Waals surface area contributed by atoms with Crippen LogP contribution >= 0.6 is 0 Å². The molecule has 2 aromatic rings. The fraction of sp³-hybridized carbons (Fsp3) is 0.421. The molecule has 0 N–H and O–H groups in total. The van der Waals surface area contributed by atoms with Crippen LogP contribution in [0.15, 0.2) is 41.0 Å². The predicted octanol–water partition coefficient (Wildman–Crippen LogP) is 3.35. The second-order valence-electron chi connectivity index (χ2n) is 6.20. The fourth-order valence-corrected chi connectivity index (χ4v) is 3.58. The van der Waals surface area contributed by atoms with Crippen molar-refractivity contribution in [3.8, 4) is 11.5 Å². The second kappa shape index (κ2) is 6.59. The summed E-state index contributed by atoms with van der Waals surface area (Å²) in [6.45, 7) is 1.93. The number of nitrogens with zero attached hydrogens (tertiary/aromatic N) is 1. The van der Waals surface area contributed by atoms with Gasteiger partial charge >= 0.3 is 0 Å². The van der Waals surface area contributed by atoms with Gasteiger partial charge in [-0.1, -0.05) is 12.1 Å². The van der Waals surface area contributed by atoms with Gasteiger partial charge in [0.25, 0.3) is 0 Å². The molecule has 0 spiro atoms. The Bertz CT molecular complexity index is 710. The zero-order chi connectivity index (χ0) is 16.4. The van der Waals surface area contributed by atoms with Crippen LogP contribution in [0.2, 0.25) is 0 Å². The number of amides is 1. The number of hydrogen-bond acceptors (Lipinski definition) is 4. The van der Waals surface area contributed by atoms with Gasteiger partial charge < -0.3 is 18.8 Å². The third-order valence-corrected chi connectivity index (χ3v) is 4.69. The van der Waals surface area contributed by atoms with Crippen molar-refractivity contribution in [3.63, 3.8) is 0 Å². The minimum atomic E-state index is 0.0748. The number of benzene rings is 1. The predicted molar refractivity (Wildman–Crippen MR) is 88.1 cm³/mol. The van der Waals surface area contributed by atoms with Crippen LogP contribution in [-0.4, -0.2) is 30.6 Å². The summed E-state index contributed by atoms with van der Waals surface area (Å²) < 4.78 is 16.8. The van der Waals surface area contributed by atoms with Gasteiger partial charge in [0.05, 0.1) is 12.3 Å². The number of rotatable bonds is 4. The fourth-order valence-electron chi connectivity index (χ4n) is 3.58. The van der Waals surface area contributed by atoms with E-state index in [1.807, 2.05) is 29.2 Å². The van der Waals surface area contributed by atoms with E-state index in [-0.39, 0.29) is 11.9 Å². The topological polar surface area (TPSA) is 51.9 Å². The lowest BCUT2D eigenvalue weighted by Gasteiger charge is -2.29. The standard InChI is InChI=1S/C19H21NO4/c21-18(9-8-14-4-3-11-22-14)20-10-2-6-16(20)15-5-1-7-17-19(15)24-13-12-23-17/h1,3-5,7,11,16H,2,6,8-10,12-13H2. The molecule has 126 valence electrons. The Hall–Kier alpha value is -2.43. The van der Waals surface area contributed by atoms with E-state index in [0.29, 0.717) is 26.1 Å². The Kier molecular flexibility index (Phi) is 4.15. The molecule has 24 heavy (non-hydrogen) atoms. The number of para-hydroxylation sites is 1. The molecule has 1 amide bonds. The maximum Gasteiger partial charge on any atom is 0.223 e. The molecule has 1 aromatic carbocycles. The zero-order valence-electron chi connectivity index (χ0n) is 13.6. The Morgan fingerprint density at radius 3 is 2.96 bits per heavy atom. The Balaban J connectivity index is 1.51. The van der Waals surface area contributed by atoms with Gasteiger partial charge in [0.15, 0.2) is 11.5 Å². The van der Waals surface area contributed by atoms with Crippen LogP contribution in [0, 0.1) is 0 Å². The van der Waals surface area contributed by atoms with Crippen molar-refractivity contribution in [1.29, 1.82) is 0 Å². The summed E-state index contributed by atoms with van der Waals surface area (Å²) >= 11 is 0. The lowest BCUT2D eigenvalue weighted by Crippen LogP contribution is -2.31. The molecular weight excluding hydrogens is 306 g/mol. The number of furan rings is 1. The maximum atomic E-state index is 12.7. The Morgan fingerprint density at radius 2 is 2.08 bits per heavy atom. The van der Waals surface area contributed by atoms with E-state index in [9.17, 15) is 4.79 Å². The molecule has 3 heterocycles. The molecular formula is C19H21NO4. The molecule has 1 saturated heterocycles. The van der Waals surface area contributed by atoms with E-state index in [1.54, 1.807) is 6.26 Å².